The number of rotatable bonds is 3. The highest BCUT2D eigenvalue weighted by molar-refractivity contribution is 6.32. The van der Waals surface area contributed by atoms with E-state index in [1.165, 1.54) is 0 Å². The fourth-order valence-electron chi connectivity index (χ4n) is 2.94. The number of aliphatic imine (C=N–C) groups is 1. The van der Waals surface area contributed by atoms with Crippen LogP contribution in [0.25, 0.3) is 11.3 Å². The Kier molecular flexibility index (Phi) is 4.01. The molecule has 2 aromatic rings. The summed E-state index contributed by atoms with van der Waals surface area (Å²) in [6.07, 6.45) is 7.57. The van der Waals surface area contributed by atoms with Crippen LogP contribution in [0.3, 0.4) is 0 Å². The van der Waals surface area contributed by atoms with Crippen molar-refractivity contribution in [1.29, 1.82) is 0 Å². The first-order chi connectivity index (χ1) is 11.3. The second kappa shape index (κ2) is 6.29. The van der Waals surface area contributed by atoms with Gasteiger partial charge in [-0.25, -0.2) is 9.97 Å². The first kappa shape index (κ1) is 14.7. The lowest BCUT2D eigenvalue weighted by atomic mass is 10.1. The minimum Gasteiger partial charge on any atom is -0.381 e. The largest absolute Gasteiger partial charge is 0.381 e. The van der Waals surface area contributed by atoms with Gasteiger partial charge >= 0.3 is 0 Å². The lowest BCUT2D eigenvalue weighted by Gasteiger charge is -2.23. The van der Waals surface area contributed by atoms with Gasteiger partial charge in [-0.05, 0) is 18.9 Å². The van der Waals surface area contributed by atoms with E-state index in [2.05, 4.69) is 37.1 Å². The van der Waals surface area contributed by atoms with Crippen LogP contribution in [-0.2, 0) is 11.3 Å². The van der Waals surface area contributed by atoms with E-state index < -0.39 is 0 Å². The Balaban J connectivity index is 1.61. The predicted octanol–water partition coefficient (Wildman–Crippen LogP) is 2.62. The molecule has 1 fully saturated rings. The van der Waals surface area contributed by atoms with Crippen molar-refractivity contribution in [2.24, 2.45) is 4.99 Å². The number of fused-ring (bicyclic) bond motifs is 1. The SMILES string of the molecule is Clc1cnc(NC2CCOCC2)nc1-c1cc2n(c1)CCN=C2. The maximum atomic E-state index is 6.32. The summed E-state index contributed by atoms with van der Waals surface area (Å²) >= 11 is 6.32. The highest BCUT2D eigenvalue weighted by atomic mass is 35.5. The summed E-state index contributed by atoms with van der Waals surface area (Å²) in [5, 5.41) is 3.94. The molecular weight excluding hydrogens is 314 g/mol. The minimum atomic E-state index is 0.354. The molecule has 6 nitrogen and oxygen atoms in total. The molecule has 120 valence electrons. The van der Waals surface area contributed by atoms with Gasteiger partial charge in [0.15, 0.2) is 0 Å². The number of ether oxygens (including phenoxy) is 1. The molecule has 0 unspecified atom stereocenters. The molecule has 4 heterocycles. The van der Waals surface area contributed by atoms with E-state index in [1.807, 2.05) is 6.21 Å². The Bertz CT molecular complexity index is 736. The summed E-state index contributed by atoms with van der Waals surface area (Å²) in [5.74, 6) is 0.620. The zero-order chi connectivity index (χ0) is 15.6. The van der Waals surface area contributed by atoms with E-state index in [4.69, 9.17) is 16.3 Å². The van der Waals surface area contributed by atoms with Gasteiger partial charge in [-0.1, -0.05) is 11.6 Å². The normalized spacial score (nSPS) is 18.0. The first-order valence-electron chi connectivity index (χ1n) is 7.87. The molecule has 0 aliphatic carbocycles. The van der Waals surface area contributed by atoms with Crippen molar-refractivity contribution in [2.45, 2.75) is 25.4 Å². The molecule has 0 atom stereocenters. The third kappa shape index (κ3) is 3.09. The molecule has 0 bridgehead atoms. The number of nitrogens with zero attached hydrogens (tertiary/aromatic N) is 4. The van der Waals surface area contributed by atoms with E-state index in [0.717, 1.165) is 56.1 Å². The van der Waals surface area contributed by atoms with Crippen LogP contribution < -0.4 is 5.32 Å². The second-order valence-corrected chi connectivity index (χ2v) is 6.21. The van der Waals surface area contributed by atoms with Crippen molar-refractivity contribution in [2.75, 3.05) is 25.1 Å². The number of hydrogen-bond donors (Lipinski definition) is 1. The van der Waals surface area contributed by atoms with Crippen molar-refractivity contribution >= 4 is 23.8 Å². The van der Waals surface area contributed by atoms with Crippen LogP contribution >= 0.6 is 11.6 Å². The predicted molar refractivity (Wildman–Crippen MR) is 90.4 cm³/mol. The van der Waals surface area contributed by atoms with Crippen LogP contribution in [0.4, 0.5) is 5.95 Å². The highest BCUT2D eigenvalue weighted by Crippen LogP contribution is 2.28. The molecule has 0 amide bonds. The summed E-state index contributed by atoms with van der Waals surface area (Å²) in [4.78, 5) is 13.2. The first-order valence-corrected chi connectivity index (χ1v) is 8.24. The molecular formula is C16H18ClN5O. The van der Waals surface area contributed by atoms with Crippen LogP contribution in [0.5, 0.6) is 0 Å². The van der Waals surface area contributed by atoms with E-state index in [-0.39, 0.29) is 0 Å². The zero-order valence-electron chi connectivity index (χ0n) is 12.7. The molecule has 1 saturated heterocycles. The summed E-state index contributed by atoms with van der Waals surface area (Å²) in [6.45, 7) is 3.27. The van der Waals surface area contributed by atoms with Gasteiger partial charge in [-0.3, -0.25) is 4.99 Å². The van der Waals surface area contributed by atoms with Crippen molar-refractivity contribution in [3.8, 4) is 11.3 Å². The minimum absolute atomic E-state index is 0.354. The van der Waals surface area contributed by atoms with Crippen LogP contribution in [0.1, 0.15) is 18.5 Å². The van der Waals surface area contributed by atoms with Gasteiger partial charge in [-0.2, -0.15) is 0 Å². The van der Waals surface area contributed by atoms with Gasteiger partial charge in [0.1, 0.15) is 0 Å². The quantitative estimate of drug-likeness (QED) is 0.939. The van der Waals surface area contributed by atoms with E-state index in [0.29, 0.717) is 17.0 Å². The fraction of sp³-hybridized carbons (Fsp3) is 0.438. The molecule has 23 heavy (non-hydrogen) atoms. The van der Waals surface area contributed by atoms with E-state index >= 15 is 0 Å². The van der Waals surface area contributed by atoms with E-state index in [1.54, 1.807) is 6.20 Å². The Hall–Kier alpha value is -1.92. The topological polar surface area (TPSA) is 64.3 Å². The van der Waals surface area contributed by atoms with Crippen molar-refractivity contribution in [3.63, 3.8) is 0 Å². The van der Waals surface area contributed by atoms with Crippen LogP contribution in [-0.4, -0.2) is 46.6 Å². The lowest BCUT2D eigenvalue weighted by molar-refractivity contribution is 0.0903. The Morgan fingerprint density at radius 1 is 1.30 bits per heavy atom. The van der Waals surface area contributed by atoms with Gasteiger partial charge in [0.25, 0.3) is 0 Å². The Morgan fingerprint density at radius 3 is 3.00 bits per heavy atom. The van der Waals surface area contributed by atoms with Crippen LogP contribution in [0.2, 0.25) is 5.02 Å². The molecule has 4 rings (SSSR count). The van der Waals surface area contributed by atoms with Gasteiger partial charge < -0.3 is 14.6 Å². The van der Waals surface area contributed by atoms with Crippen LogP contribution in [0.15, 0.2) is 23.5 Å². The molecule has 0 saturated carbocycles. The third-order valence-corrected chi connectivity index (χ3v) is 4.47. The number of halogens is 1. The Labute approximate surface area is 139 Å². The molecule has 2 aliphatic rings. The van der Waals surface area contributed by atoms with Crippen molar-refractivity contribution in [3.05, 3.63) is 29.2 Å². The highest BCUT2D eigenvalue weighted by Gasteiger charge is 2.17. The molecule has 0 radical (unpaired) electrons. The van der Waals surface area contributed by atoms with Gasteiger partial charge in [0, 0.05) is 43.8 Å². The number of anilines is 1. The third-order valence-electron chi connectivity index (χ3n) is 4.20. The smallest absolute Gasteiger partial charge is 0.223 e. The van der Waals surface area contributed by atoms with Crippen LogP contribution in [0, 0.1) is 0 Å². The summed E-state index contributed by atoms with van der Waals surface area (Å²) in [5.41, 5.74) is 2.84. The number of nitrogens with one attached hydrogen (secondary N) is 1. The summed E-state index contributed by atoms with van der Waals surface area (Å²) < 4.78 is 7.55. The number of aromatic nitrogens is 3. The van der Waals surface area contributed by atoms with Crippen molar-refractivity contribution in [1.82, 2.24) is 14.5 Å². The van der Waals surface area contributed by atoms with Gasteiger partial charge in [-0.15, -0.1) is 0 Å². The standard InChI is InChI=1S/C16H18ClN5O/c17-14-9-19-16(20-12-1-5-23-6-2-12)21-15(14)11-7-13-8-18-3-4-22(13)10-11/h7-10,12H,1-6H2,(H,19,20,21). The maximum Gasteiger partial charge on any atom is 0.223 e. The van der Waals surface area contributed by atoms with Crippen molar-refractivity contribution < 1.29 is 4.74 Å². The summed E-state index contributed by atoms with van der Waals surface area (Å²) in [6, 6.07) is 2.42. The van der Waals surface area contributed by atoms with Gasteiger partial charge in [0.2, 0.25) is 5.95 Å². The molecule has 2 aliphatic heterocycles. The number of hydrogen-bond acceptors (Lipinski definition) is 5. The molecule has 2 aromatic heterocycles. The molecule has 7 heteroatoms. The average molecular weight is 332 g/mol. The maximum absolute atomic E-state index is 6.32. The zero-order valence-corrected chi connectivity index (χ0v) is 13.5. The fourth-order valence-corrected chi connectivity index (χ4v) is 3.14. The van der Waals surface area contributed by atoms with E-state index in [9.17, 15) is 0 Å². The molecule has 1 N–H and O–H groups in total. The molecule has 0 spiro atoms. The second-order valence-electron chi connectivity index (χ2n) is 5.80. The summed E-state index contributed by atoms with van der Waals surface area (Å²) in [7, 11) is 0. The monoisotopic (exact) mass is 331 g/mol. The van der Waals surface area contributed by atoms with Gasteiger partial charge in [0.05, 0.1) is 29.2 Å². The molecule has 0 aromatic carbocycles. The Morgan fingerprint density at radius 2 is 2.17 bits per heavy atom. The average Bonchev–Trinajstić information content (AvgIpc) is 3.01. The lowest BCUT2D eigenvalue weighted by Crippen LogP contribution is -2.28.